The molecule has 8 nitrogen and oxygen atoms in total. The highest BCUT2D eigenvalue weighted by Crippen LogP contribution is 2.56. The van der Waals surface area contributed by atoms with Gasteiger partial charge in [0.2, 0.25) is 0 Å². The van der Waals surface area contributed by atoms with E-state index >= 15 is 0 Å². The fourth-order valence-corrected chi connectivity index (χ4v) is 3.93. The van der Waals surface area contributed by atoms with Crippen LogP contribution in [-0.2, 0) is 10.3 Å². The number of hydrogen-bond acceptors (Lipinski definition) is 7. The van der Waals surface area contributed by atoms with E-state index in [4.69, 9.17) is 15.3 Å². The summed E-state index contributed by atoms with van der Waals surface area (Å²) in [6.07, 6.45) is 0. The first-order valence-electron chi connectivity index (χ1n) is 8.67. The standard InChI is InChI=1S/C21H14N2O6/c22-23-19(26)10-1-4-14-13(7-10)20(27)29-21(14)15-5-2-11(24)8-17(15)28-18-9-12(25)3-6-16(18)21/h1-9,24-25H,22H2,(H,23,26). The van der Waals surface area contributed by atoms with Crippen molar-refractivity contribution in [1.29, 1.82) is 0 Å². The molecule has 144 valence electrons. The van der Waals surface area contributed by atoms with Gasteiger partial charge in [-0.05, 0) is 36.4 Å². The molecule has 1 amide bonds. The van der Waals surface area contributed by atoms with E-state index in [9.17, 15) is 19.8 Å². The first-order chi connectivity index (χ1) is 13.9. The van der Waals surface area contributed by atoms with Gasteiger partial charge in [0.05, 0.1) is 5.56 Å². The average molecular weight is 390 g/mol. The Labute approximate surface area is 164 Å². The number of carbonyl (C=O) groups is 2. The van der Waals surface area contributed by atoms with Gasteiger partial charge in [-0.1, -0.05) is 6.07 Å². The number of nitrogens with two attached hydrogens (primary N) is 1. The predicted octanol–water partition coefficient (Wildman–Crippen LogP) is 2.27. The Morgan fingerprint density at radius 3 is 2.07 bits per heavy atom. The lowest BCUT2D eigenvalue weighted by atomic mass is 9.77. The average Bonchev–Trinajstić information content (AvgIpc) is 2.99. The number of phenolic OH excluding ortho intramolecular Hbond substituents is 2. The molecule has 0 radical (unpaired) electrons. The second-order valence-corrected chi connectivity index (χ2v) is 6.77. The van der Waals surface area contributed by atoms with E-state index in [0.29, 0.717) is 16.7 Å². The molecule has 0 saturated carbocycles. The molecule has 0 fully saturated rings. The lowest BCUT2D eigenvalue weighted by molar-refractivity contribution is 0.0224. The lowest BCUT2D eigenvalue weighted by Crippen LogP contribution is -2.33. The number of phenols is 2. The Bertz CT molecular complexity index is 1170. The van der Waals surface area contributed by atoms with E-state index in [2.05, 4.69) is 0 Å². The van der Waals surface area contributed by atoms with Crippen LogP contribution in [-0.4, -0.2) is 22.1 Å². The Morgan fingerprint density at radius 1 is 0.897 bits per heavy atom. The maximum Gasteiger partial charge on any atom is 0.340 e. The second kappa shape index (κ2) is 5.73. The molecule has 0 saturated heterocycles. The van der Waals surface area contributed by atoms with E-state index in [-0.39, 0.29) is 34.1 Å². The van der Waals surface area contributed by atoms with Crippen molar-refractivity contribution >= 4 is 11.9 Å². The third-order valence-electron chi connectivity index (χ3n) is 5.17. The summed E-state index contributed by atoms with van der Waals surface area (Å²) in [4.78, 5) is 24.7. The first-order valence-corrected chi connectivity index (χ1v) is 8.67. The van der Waals surface area contributed by atoms with Gasteiger partial charge in [0.15, 0.2) is 5.60 Å². The largest absolute Gasteiger partial charge is 0.508 e. The minimum Gasteiger partial charge on any atom is -0.508 e. The topological polar surface area (TPSA) is 131 Å². The van der Waals surface area contributed by atoms with Crippen LogP contribution >= 0.6 is 0 Å². The van der Waals surface area contributed by atoms with Gasteiger partial charge in [-0.3, -0.25) is 10.2 Å². The molecule has 0 atom stereocenters. The molecule has 2 aliphatic rings. The lowest BCUT2D eigenvalue weighted by Gasteiger charge is -2.36. The van der Waals surface area contributed by atoms with E-state index in [1.807, 2.05) is 5.43 Å². The number of aromatic hydroxyl groups is 2. The van der Waals surface area contributed by atoms with Crippen molar-refractivity contribution in [2.24, 2.45) is 5.84 Å². The van der Waals surface area contributed by atoms with Crippen molar-refractivity contribution in [3.05, 3.63) is 82.4 Å². The molecular weight excluding hydrogens is 376 g/mol. The second-order valence-electron chi connectivity index (χ2n) is 6.77. The molecule has 1 spiro atoms. The van der Waals surface area contributed by atoms with Crippen LogP contribution in [0.3, 0.4) is 0 Å². The van der Waals surface area contributed by atoms with Crippen LogP contribution in [0.4, 0.5) is 0 Å². The number of carbonyl (C=O) groups excluding carboxylic acids is 2. The maximum atomic E-state index is 12.8. The fraction of sp³-hybridized carbons (Fsp3) is 0.0476. The van der Waals surface area contributed by atoms with Gasteiger partial charge in [-0.25, -0.2) is 10.6 Å². The van der Waals surface area contributed by atoms with Crippen molar-refractivity contribution in [3.63, 3.8) is 0 Å². The first kappa shape index (κ1) is 17.1. The molecule has 0 bridgehead atoms. The SMILES string of the molecule is NNC(=O)c1ccc2c(c1)C(=O)OC21c2ccc(O)cc2Oc2cc(O)ccc21. The monoisotopic (exact) mass is 390 g/mol. The minimum absolute atomic E-state index is 0.0259. The van der Waals surface area contributed by atoms with E-state index in [0.717, 1.165) is 0 Å². The van der Waals surface area contributed by atoms with E-state index in [1.165, 1.54) is 30.3 Å². The van der Waals surface area contributed by atoms with Gasteiger partial charge in [0.25, 0.3) is 5.91 Å². The summed E-state index contributed by atoms with van der Waals surface area (Å²) in [5.41, 5.74) is 2.64. The summed E-state index contributed by atoms with van der Waals surface area (Å²) < 4.78 is 11.8. The Balaban J connectivity index is 1.83. The highest BCUT2D eigenvalue weighted by molar-refractivity contribution is 6.01. The van der Waals surface area contributed by atoms with Gasteiger partial charge in [-0.15, -0.1) is 0 Å². The normalized spacial score (nSPS) is 15.0. The van der Waals surface area contributed by atoms with Gasteiger partial charge in [0, 0.05) is 34.4 Å². The van der Waals surface area contributed by atoms with Crippen LogP contribution in [0.15, 0.2) is 54.6 Å². The number of amides is 1. The minimum atomic E-state index is -1.35. The Hall–Kier alpha value is -4.04. The quantitative estimate of drug-likeness (QED) is 0.217. The molecule has 0 aromatic heterocycles. The molecule has 2 aliphatic heterocycles. The molecule has 5 N–H and O–H groups in total. The van der Waals surface area contributed by atoms with E-state index in [1.54, 1.807) is 24.3 Å². The van der Waals surface area contributed by atoms with Gasteiger partial charge < -0.3 is 19.7 Å². The summed E-state index contributed by atoms with van der Waals surface area (Å²) in [5, 5.41) is 19.8. The van der Waals surface area contributed by atoms with Crippen molar-refractivity contribution in [3.8, 4) is 23.0 Å². The molecule has 8 heteroatoms. The highest BCUT2D eigenvalue weighted by atomic mass is 16.6. The predicted molar refractivity (Wildman–Crippen MR) is 99.7 cm³/mol. The van der Waals surface area contributed by atoms with Crippen LogP contribution in [0, 0.1) is 0 Å². The van der Waals surface area contributed by atoms with Crippen LogP contribution in [0.25, 0.3) is 0 Å². The summed E-state index contributed by atoms with van der Waals surface area (Å²) >= 11 is 0. The van der Waals surface area contributed by atoms with Crippen molar-refractivity contribution in [2.75, 3.05) is 0 Å². The highest BCUT2D eigenvalue weighted by Gasteiger charge is 2.53. The van der Waals surface area contributed by atoms with Crippen LogP contribution < -0.4 is 16.0 Å². The van der Waals surface area contributed by atoms with Crippen LogP contribution in [0.2, 0.25) is 0 Å². The molecule has 0 aliphatic carbocycles. The number of hydrazine groups is 1. The number of ether oxygens (including phenoxy) is 2. The molecule has 5 rings (SSSR count). The van der Waals surface area contributed by atoms with Gasteiger partial charge >= 0.3 is 5.97 Å². The van der Waals surface area contributed by atoms with Gasteiger partial charge in [0.1, 0.15) is 23.0 Å². The number of hydrogen-bond donors (Lipinski definition) is 4. The molecule has 0 unspecified atom stereocenters. The van der Waals surface area contributed by atoms with Gasteiger partial charge in [-0.2, -0.15) is 0 Å². The Kier molecular flexibility index (Phi) is 3.37. The summed E-state index contributed by atoms with van der Waals surface area (Å²) in [5.74, 6) is 4.56. The van der Waals surface area contributed by atoms with E-state index < -0.39 is 17.5 Å². The number of nitrogen functional groups attached to an aromatic ring is 1. The zero-order chi connectivity index (χ0) is 20.3. The number of benzene rings is 3. The summed E-state index contributed by atoms with van der Waals surface area (Å²) in [7, 11) is 0. The number of esters is 1. The molecule has 3 aromatic carbocycles. The van der Waals surface area contributed by atoms with Crippen LogP contribution in [0.5, 0.6) is 23.0 Å². The van der Waals surface area contributed by atoms with Crippen molar-refractivity contribution < 1.29 is 29.3 Å². The zero-order valence-corrected chi connectivity index (χ0v) is 14.8. The Morgan fingerprint density at radius 2 is 1.48 bits per heavy atom. The summed E-state index contributed by atoms with van der Waals surface area (Å²) in [6.45, 7) is 0. The third kappa shape index (κ3) is 2.23. The maximum absolute atomic E-state index is 12.8. The smallest absolute Gasteiger partial charge is 0.340 e. The van der Waals surface area contributed by atoms with Crippen LogP contribution in [0.1, 0.15) is 37.4 Å². The molecule has 29 heavy (non-hydrogen) atoms. The fourth-order valence-electron chi connectivity index (χ4n) is 3.93. The summed E-state index contributed by atoms with van der Waals surface area (Å²) in [6, 6.07) is 13.6. The zero-order valence-electron chi connectivity index (χ0n) is 14.8. The number of rotatable bonds is 1. The number of nitrogens with one attached hydrogen (secondary N) is 1. The van der Waals surface area contributed by atoms with Crippen molar-refractivity contribution in [1.82, 2.24) is 5.43 Å². The number of fused-ring (bicyclic) bond motifs is 6. The molecule has 2 heterocycles. The van der Waals surface area contributed by atoms with Crippen molar-refractivity contribution in [2.45, 2.75) is 5.60 Å². The molecule has 3 aromatic rings. The third-order valence-corrected chi connectivity index (χ3v) is 5.17. The molecular formula is C21H14N2O6.